The van der Waals surface area contributed by atoms with Gasteiger partial charge in [0.2, 0.25) is 0 Å². The fourth-order valence-electron chi connectivity index (χ4n) is 3.48. The van der Waals surface area contributed by atoms with Crippen molar-refractivity contribution >= 4 is 19.1 Å². The summed E-state index contributed by atoms with van der Waals surface area (Å²) in [6.45, 7) is -0.285. The van der Waals surface area contributed by atoms with Crippen LogP contribution in [0.15, 0.2) is 24.7 Å². The fraction of sp³-hybridized carbons (Fsp3) is 0.562. The number of nitrogens with zero attached hydrogens (tertiary/aromatic N) is 4. The average molecular weight is 427 g/mol. The van der Waals surface area contributed by atoms with Gasteiger partial charge in [0.15, 0.2) is 11.5 Å². The molecule has 5 N–H and O–H groups in total. The second-order valence-corrected chi connectivity index (χ2v) is 8.64. The van der Waals surface area contributed by atoms with Gasteiger partial charge < -0.3 is 34.8 Å². The molecule has 1 saturated heterocycles. The quantitative estimate of drug-likeness (QED) is 0.287. The molecule has 0 bridgehead atoms. The van der Waals surface area contributed by atoms with E-state index < -0.39 is 38.4 Å². The van der Waals surface area contributed by atoms with Gasteiger partial charge in [-0.05, 0) is 12.8 Å². The van der Waals surface area contributed by atoms with Gasteiger partial charge in [-0.2, -0.15) is 5.10 Å². The lowest BCUT2D eigenvalue weighted by Gasteiger charge is -2.15. The number of rotatable bonds is 7. The smallest absolute Gasteiger partial charge is 0.350 e. The molecule has 4 rings (SSSR count). The monoisotopic (exact) mass is 427 g/mol. The van der Waals surface area contributed by atoms with Crippen LogP contribution in [0.2, 0.25) is 0 Å². The van der Waals surface area contributed by atoms with E-state index in [1.54, 1.807) is 0 Å². The maximum Gasteiger partial charge on any atom is 0.350 e. The van der Waals surface area contributed by atoms with Crippen molar-refractivity contribution in [2.75, 3.05) is 18.3 Å². The molecule has 4 atom stereocenters. The summed E-state index contributed by atoms with van der Waals surface area (Å²) in [5, 5.41) is 28.2. The van der Waals surface area contributed by atoms with Gasteiger partial charge in [-0.25, -0.2) is 14.5 Å². The van der Waals surface area contributed by atoms with Crippen LogP contribution in [0.5, 0.6) is 0 Å². The molecule has 2 aliphatic rings. The molecule has 0 saturated carbocycles. The van der Waals surface area contributed by atoms with E-state index in [0.717, 1.165) is 12.8 Å². The van der Waals surface area contributed by atoms with Crippen molar-refractivity contribution in [3.05, 3.63) is 30.4 Å². The molecule has 0 amide bonds. The number of aliphatic hydroxyl groups is 2. The fourth-order valence-corrected chi connectivity index (χ4v) is 3.82. The lowest BCUT2D eigenvalue weighted by atomic mass is 10.1. The summed E-state index contributed by atoms with van der Waals surface area (Å²) in [5.74, 6) is 0.550. The molecule has 158 valence electrons. The highest BCUT2D eigenvalue weighted by Crippen LogP contribution is 2.37. The zero-order valence-corrected chi connectivity index (χ0v) is 16.2. The summed E-state index contributed by atoms with van der Waals surface area (Å²) in [6.07, 6.45) is 3.51. The third-order valence-corrected chi connectivity index (χ3v) is 5.39. The van der Waals surface area contributed by atoms with E-state index in [-0.39, 0.29) is 12.6 Å². The average Bonchev–Trinajstić information content (AvgIpc) is 3.37. The summed E-state index contributed by atoms with van der Waals surface area (Å²) in [4.78, 5) is 26.3. The molecule has 0 spiro atoms. The summed E-state index contributed by atoms with van der Waals surface area (Å²) < 4.78 is 23.0. The Labute approximate surface area is 165 Å². The molecule has 1 aliphatic heterocycles. The van der Waals surface area contributed by atoms with Crippen molar-refractivity contribution in [3.63, 3.8) is 0 Å². The van der Waals surface area contributed by atoms with E-state index in [9.17, 15) is 14.8 Å². The van der Waals surface area contributed by atoms with Crippen LogP contribution in [0.1, 0.15) is 24.6 Å². The molecule has 13 heteroatoms. The molecule has 2 aromatic heterocycles. The largest absolute Gasteiger partial charge is 0.387 e. The lowest BCUT2D eigenvalue weighted by molar-refractivity contribution is -0.0402. The number of hydrogen-bond acceptors (Lipinski definition) is 9. The Kier molecular flexibility index (Phi) is 5.67. The van der Waals surface area contributed by atoms with Gasteiger partial charge in [0.05, 0.1) is 18.5 Å². The minimum Gasteiger partial charge on any atom is -0.387 e. The Morgan fingerprint density at radius 2 is 2.00 bits per heavy atom. The van der Waals surface area contributed by atoms with E-state index in [1.165, 1.54) is 17.0 Å². The number of nitrogens with one attached hydrogen (secondary N) is 1. The SMILES string of the molecule is O=P(O)(O)COC[C@H]1OC(c2cnc3c(NC4CC=CC4)ncnn23)[C@H](O)[C@@H]1O. The molecule has 0 aromatic carbocycles. The summed E-state index contributed by atoms with van der Waals surface area (Å²) in [6, 6.07) is 0.222. The van der Waals surface area contributed by atoms with Gasteiger partial charge in [-0.15, -0.1) is 0 Å². The van der Waals surface area contributed by atoms with Crippen molar-refractivity contribution < 1.29 is 34.0 Å². The first-order valence-electron chi connectivity index (χ1n) is 9.07. The first kappa shape index (κ1) is 20.4. The van der Waals surface area contributed by atoms with Gasteiger partial charge in [-0.1, -0.05) is 12.2 Å². The number of ether oxygens (including phenoxy) is 2. The molecule has 1 fully saturated rings. The first-order valence-corrected chi connectivity index (χ1v) is 10.9. The van der Waals surface area contributed by atoms with Gasteiger partial charge in [0.25, 0.3) is 0 Å². The Hall–Kier alpha value is -1.92. The number of anilines is 1. The summed E-state index contributed by atoms with van der Waals surface area (Å²) in [7, 11) is -4.34. The second-order valence-electron chi connectivity index (χ2n) is 7.05. The Balaban J connectivity index is 1.51. The molecule has 29 heavy (non-hydrogen) atoms. The molecule has 1 unspecified atom stereocenters. The molecule has 3 heterocycles. The predicted octanol–water partition coefficient (Wildman–Crippen LogP) is -0.432. The lowest BCUT2D eigenvalue weighted by Crippen LogP contribution is -2.33. The standard InChI is InChI=1S/C16H22N5O7P/c22-12-11(6-27-8-29(24,25)26)28-14(13(12)23)10-5-17-16-15(18-7-19-21(10)16)20-9-3-1-2-4-9/h1-2,5,7,9,11-14,22-23H,3-4,6,8H2,(H,18,19,20)(H2,24,25,26)/t11-,12-,13-,14?/m1/s1. The van der Waals surface area contributed by atoms with Crippen LogP contribution in [0.3, 0.4) is 0 Å². The maximum absolute atomic E-state index is 10.9. The number of hydrogen-bond donors (Lipinski definition) is 5. The minimum atomic E-state index is -4.34. The number of fused-ring (bicyclic) bond motifs is 1. The van der Waals surface area contributed by atoms with E-state index in [0.29, 0.717) is 17.2 Å². The zero-order chi connectivity index (χ0) is 20.6. The highest BCUT2D eigenvalue weighted by Gasteiger charge is 2.45. The van der Waals surface area contributed by atoms with E-state index in [2.05, 4.69) is 32.5 Å². The topological polar surface area (TPSA) is 172 Å². The predicted molar refractivity (Wildman–Crippen MR) is 99.1 cm³/mol. The van der Waals surface area contributed by atoms with Crippen molar-refractivity contribution in [3.8, 4) is 0 Å². The van der Waals surface area contributed by atoms with E-state index in [4.69, 9.17) is 19.3 Å². The Bertz CT molecular complexity index is 939. The van der Waals surface area contributed by atoms with Crippen LogP contribution in [0.25, 0.3) is 5.65 Å². The number of imidazole rings is 1. The number of aliphatic hydroxyl groups excluding tert-OH is 2. The highest BCUT2D eigenvalue weighted by molar-refractivity contribution is 7.51. The summed E-state index contributed by atoms with van der Waals surface area (Å²) >= 11 is 0. The normalized spacial score (nSPS) is 27.9. The van der Waals surface area contributed by atoms with Crippen LogP contribution in [0, 0.1) is 0 Å². The Morgan fingerprint density at radius 1 is 1.24 bits per heavy atom. The van der Waals surface area contributed by atoms with E-state index >= 15 is 0 Å². The summed E-state index contributed by atoms with van der Waals surface area (Å²) in [5.41, 5.74) is 0.875. The van der Waals surface area contributed by atoms with Crippen LogP contribution in [0.4, 0.5) is 5.82 Å². The molecular weight excluding hydrogens is 405 g/mol. The third-order valence-electron chi connectivity index (χ3n) is 4.87. The van der Waals surface area contributed by atoms with Crippen LogP contribution in [-0.4, -0.2) is 76.9 Å². The van der Waals surface area contributed by atoms with Crippen LogP contribution < -0.4 is 5.32 Å². The van der Waals surface area contributed by atoms with Gasteiger partial charge in [0.1, 0.15) is 37.1 Å². The highest BCUT2D eigenvalue weighted by atomic mass is 31.2. The first-order chi connectivity index (χ1) is 13.8. The Morgan fingerprint density at radius 3 is 2.72 bits per heavy atom. The van der Waals surface area contributed by atoms with E-state index in [1.807, 2.05) is 0 Å². The number of aromatic nitrogens is 4. The van der Waals surface area contributed by atoms with Crippen LogP contribution in [-0.2, 0) is 14.0 Å². The molecule has 0 radical (unpaired) electrons. The molecule has 12 nitrogen and oxygen atoms in total. The third kappa shape index (κ3) is 4.33. The molecular formula is C16H22N5O7P. The van der Waals surface area contributed by atoms with Crippen molar-refractivity contribution in [2.45, 2.75) is 43.3 Å². The zero-order valence-electron chi connectivity index (χ0n) is 15.3. The van der Waals surface area contributed by atoms with Crippen molar-refractivity contribution in [1.82, 2.24) is 19.6 Å². The van der Waals surface area contributed by atoms with Gasteiger partial charge >= 0.3 is 7.60 Å². The maximum atomic E-state index is 10.9. The van der Waals surface area contributed by atoms with Crippen LogP contribution >= 0.6 is 7.60 Å². The van der Waals surface area contributed by atoms with Gasteiger partial charge in [0, 0.05) is 6.04 Å². The molecule has 1 aliphatic carbocycles. The van der Waals surface area contributed by atoms with Crippen molar-refractivity contribution in [1.29, 1.82) is 0 Å². The molecule has 2 aromatic rings. The van der Waals surface area contributed by atoms with Crippen molar-refractivity contribution in [2.24, 2.45) is 0 Å². The van der Waals surface area contributed by atoms with Gasteiger partial charge in [-0.3, -0.25) is 4.57 Å². The minimum absolute atomic E-state index is 0.222. The second kappa shape index (κ2) is 8.07.